The maximum absolute atomic E-state index is 12.9. The summed E-state index contributed by atoms with van der Waals surface area (Å²) in [5.74, 6) is 0. The average molecular weight is 274 g/mol. The van der Waals surface area contributed by atoms with Gasteiger partial charge in [-0.25, -0.2) is 0 Å². The molecule has 1 aliphatic rings. The van der Waals surface area contributed by atoms with E-state index in [4.69, 9.17) is 0 Å². The zero-order chi connectivity index (χ0) is 13.7. The second-order valence-electron chi connectivity index (χ2n) is 5.36. The van der Waals surface area contributed by atoms with Crippen molar-refractivity contribution in [2.75, 3.05) is 0 Å². The number of halogens is 3. The predicted molar refractivity (Wildman–Crippen MR) is 67.9 cm³/mol. The minimum absolute atomic E-state index is 0.410. The van der Waals surface area contributed by atoms with Gasteiger partial charge < -0.3 is 0 Å². The van der Waals surface area contributed by atoms with Crippen LogP contribution < -0.4 is 0 Å². The summed E-state index contributed by atoms with van der Waals surface area (Å²) in [5.41, 5.74) is 0.417. The number of nitrogens with one attached hydrogen (secondary N) is 1. The van der Waals surface area contributed by atoms with Crippen LogP contribution in [0, 0.1) is 0 Å². The molecule has 1 N–H and O–H groups in total. The lowest BCUT2D eigenvalue weighted by Gasteiger charge is -2.10. The number of aryl methyl sites for hydroxylation is 1. The molecule has 1 aromatic rings. The van der Waals surface area contributed by atoms with Crippen molar-refractivity contribution in [1.82, 2.24) is 10.2 Å². The fraction of sp³-hybridized carbons (Fsp3) is 0.786. The Morgan fingerprint density at radius 1 is 0.789 bits per heavy atom. The van der Waals surface area contributed by atoms with Crippen LogP contribution in [0.4, 0.5) is 13.2 Å². The van der Waals surface area contributed by atoms with Crippen LogP contribution in [0.2, 0.25) is 0 Å². The maximum atomic E-state index is 12.9. The van der Waals surface area contributed by atoms with Gasteiger partial charge in [-0.3, -0.25) is 5.10 Å². The molecule has 2 rings (SSSR count). The number of alkyl halides is 3. The van der Waals surface area contributed by atoms with Crippen LogP contribution in [0.25, 0.3) is 0 Å². The van der Waals surface area contributed by atoms with Gasteiger partial charge in [0.1, 0.15) is 0 Å². The summed E-state index contributed by atoms with van der Waals surface area (Å²) in [6.07, 6.45) is 5.54. The lowest BCUT2D eigenvalue weighted by atomic mass is 9.98. The van der Waals surface area contributed by atoms with Crippen molar-refractivity contribution in [3.05, 3.63) is 17.0 Å². The summed E-state index contributed by atoms with van der Waals surface area (Å²) in [4.78, 5) is 0. The van der Waals surface area contributed by atoms with Crippen LogP contribution in [0.5, 0.6) is 0 Å². The van der Waals surface area contributed by atoms with Crippen molar-refractivity contribution in [2.24, 2.45) is 0 Å². The summed E-state index contributed by atoms with van der Waals surface area (Å²) in [5, 5.41) is 6.13. The Labute approximate surface area is 111 Å². The zero-order valence-corrected chi connectivity index (χ0v) is 11.2. The Bertz CT molecular complexity index is 396. The van der Waals surface area contributed by atoms with Gasteiger partial charge in [0.05, 0.1) is 0 Å². The second kappa shape index (κ2) is 6.44. The molecule has 0 atom stereocenters. The van der Waals surface area contributed by atoms with Crippen LogP contribution in [0.1, 0.15) is 68.3 Å². The monoisotopic (exact) mass is 274 g/mol. The lowest BCUT2D eigenvalue weighted by molar-refractivity contribution is -0.141. The molecule has 0 saturated heterocycles. The predicted octanol–water partition coefficient (Wildman–Crippen LogP) is 4.65. The van der Waals surface area contributed by atoms with E-state index in [2.05, 4.69) is 10.2 Å². The Morgan fingerprint density at radius 2 is 1.32 bits per heavy atom. The molecule has 2 nitrogen and oxygen atoms in total. The van der Waals surface area contributed by atoms with Crippen LogP contribution in [-0.4, -0.2) is 10.2 Å². The average Bonchev–Trinajstić information content (AvgIpc) is 2.72. The van der Waals surface area contributed by atoms with Crippen molar-refractivity contribution < 1.29 is 13.2 Å². The van der Waals surface area contributed by atoms with Crippen LogP contribution in [0.15, 0.2) is 0 Å². The summed E-state index contributed by atoms with van der Waals surface area (Å²) < 4.78 is 38.7. The van der Waals surface area contributed by atoms with Crippen LogP contribution >= 0.6 is 0 Å². The Hall–Kier alpha value is -1.00. The quantitative estimate of drug-likeness (QED) is 0.733. The molecule has 0 aliphatic heterocycles. The topological polar surface area (TPSA) is 28.7 Å². The van der Waals surface area contributed by atoms with Crippen molar-refractivity contribution in [3.8, 4) is 0 Å². The number of H-pyrrole nitrogens is 1. The third-order valence-corrected chi connectivity index (χ3v) is 3.82. The van der Waals surface area contributed by atoms with Gasteiger partial charge in [-0.05, 0) is 25.7 Å². The van der Waals surface area contributed by atoms with Gasteiger partial charge in [0, 0.05) is 11.3 Å². The van der Waals surface area contributed by atoms with Gasteiger partial charge in [0.25, 0.3) is 0 Å². The Kier molecular flexibility index (Phi) is 4.88. The van der Waals surface area contributed by atoms with E-state index < -0.39 is 11.9 Å². The molecule has 0 spiro atoms. The van der Waals surface area contributed by atoms with Gasteiger partial charge in [-0.1, -0.05) is 38.5 Å². The number of hydrogen-bond donors (Lipinski definition) is 1. The van der Waals surface area contributed by atoms with E-state index in [9.17, 15) is 13.2 Å². The highest BCUT2D eigenvalue weighted by Crippen LogP contribution is 2.33. The molecule has 5 heteroatoms. The van der Waals surface area contributed by atoms with Crippen molar-refractivity contribution in [2.45, 2.75) is 70.4 Å². The van der Waals surface area contributed by atoms with Crippen molar-refractivity contribution in [3.63, 3.8) is 0 Å². The number of hydrogen-bond acceptors (Lipinski definition) is 1. The molecular weight excluding hydrogens is 253 g/mol. The second-order valence-corrected chi connectivity index (χ2v) is 5.36. The molecule has 0 radical (unpaired) electrons. The highest BCUT2D eigenvalue weighted by Gasteiger charge is 2.37. The first kappa shape index (κ1) is 14.4. The Morgan fingerprint density at radius 3 is 1.89 bits per heavy atom. The van der Waals surface area contributed by atoms with Crippen molar-refractivity contribution in [1.29, 1.82) is 0 Å². The zero-order valence-electron chi connectivity index (χ0n) is 11.2. The molecule has 0 bridgehead atoms. The fourth-order valence-electron chi connectivity index (χ4n) is 2.78. The number of aromatic nitrogens is 2. The van der Waals surface area contributed by atoms with Gasteiger partial charge in [0.15, 0.2) is 5.69 Å². The standard InChI is InChI=1S/C14H21F3N2/c15-14(16,17)13-11-9-7-5-3-1-2-4-6-8-10-12(11)18-19-13/h1-10H2,(H,18,19). The molecule has 19 heavy (non-hydrogen) atoms. The molecule has 1 aliphatic carbocycles. The van der Waals surface area contributed by atoms with Gasteiger partial charge in [0.2, 0.25) is 0 Å². The van der Waals surface area contributed by atoms with E-state index in [1.165, 1.54) is 19.3 Å². The van der Waals surface area contributed by atoms with Gasteiger partial charge in [-0.2, -0.15) is 18.3 Å². The third kappa shape index (κ3) is 3.98. The molecule has 1 aromatic heterocycles. The summed E-state index contributed by atoms with van der Waals surface area (Å²) in [7, 11) is 0. The molecule has 108 valence electrons. The molecule has 0 aromatic carbocycles. The van der Waals surface area contributed by atoms with E-state index in [-0.39, 0.29) is 0 Å². The number of nitrogens with zero attached hydrogens (tertiary/aromatic N) is 1. The lowest BCUT2D eigenvalue weighted by Crippen LogP contribution is -2.09. The van der Waals surface area contributed by atoms with E-state index >= 15 is 0 Å². The number of aromatic amines is 1. The molecule has 1 heterocycles. The molecule has 0 unspecified atom stereocenters. The summed E-state index contributed by atoms with van der Waals surface area (Å²) in [6.45, 7) is 0. The van der Waals surface area contributed by atoms with Crippen molar-refractivity contribution >= 4 is 0 Å². The number of fused-ring (bicyclic) bond motifs is 1. The summed E-state index contributed by atoms with van der Waals surface area (Å²) in [6, 6.07) is 0. The maximum Gasteiger partial charge on any atom is 0.435 e. The van der Waals surface area contributed by atoms with Crippen LogP contribution in [0.3, 0.4) is 0 Å². The van der Waals surface area contributed by atoms with Gasteiger partial charge in [-0.15, -0.1) is 0 Å². The SMILES string of the molecule is FC(F)(F)c1n[nH]c2c1CCCCCCCCCC2. The molecule has 0 fully saturated rings. The normalized spacial score (nSPS) is 19.3. The largest absolute Gasteiger partial charge is 0.435 e. The van der Waals surface area contributed by atoms with Crippen LogP contribution in [-0.2, 0) is 19.0 Å². The van der Waals surface area contributed by atoms with E-state index in [1.807, 2.05) is 0 Å². The first-order valence-corrected chi connectivity index (χ1v) is 7.22. The highest BCUT2D eigenvalue weighted by molar-refractivity contribution is 5.28. The fourth-order valence-corrected chi connectivity index (χ4v) is 2.78. The Balaban J connectivity index is 2.15. The van der Waals surface area contributed by atoms with E-state index in [0.29, 0.717) is 24.1 Å². The first-order valence-electron chi connectivity index (χ1n) is 7.22. The smallest absolute Gasteiger partial charge is 0.282 e. The van der Waals surface area contributed by atoms with E-state index in [0.717, 1.165) is 32.1 Å². The van der Waals surface area contributed by atoms with E-state index in [1.54, 1.807) is 0 Å². The van der Waals surface area contributed by atoms with Gasteiger partial charge >= 0.3 is 6.18 Å². The minimum Gasteiger partial charge on any atom is -0.282 e. The molecule has 0 saturated carbocycles. The third-order valence-electron chi connectivity index (χ3n) is 3.82. The number of rotatable bonds is 0. The minimum atomic E-state index is -4.33. The highest BCUT2D eigenvalue weighted by atomic mass is 19.4. The first-order chi connectivity index (χ1) is 9.09. The summed E-state index contributed by atoms with van der Waals surface area (Å²) >= 11 is 0. The molecular formula is C14H21F3N2. The molecule has 0 amide bonds.